The molecule has 2 aliphatic rings. The highest BCUT2D eigenvalue weighted by atomic mass is 32.2. The maximum Gasteiger partial charge on any atom is 0.137 e. The Balaban J connectivity index is 1.10. The first-order chi connectivity index (χ1) is 29.3. The molecule has 3 heterocycles. The minimum Gasteiger partial charge on any atom is -0.456 e. The fourth-order valence-electron chi connectivity index (χ4n) is 9.91. The predicted molar refractivity (Wildman–Crippen MR) is 250 cm³/mol. The first kappa shape index (κ1) is 34.2. The van der Waals surface area contributed by atoms with Crippen molar-refractivity contribution in [1.29, 1.82) is 0 Å². The summed E-state index contributed by atoms with van der Waals surface area (Å²) in [7, 11) is -0.975. The Morgan fingerprint density at radius 3 is 1.66 bits per heavy atom. The van der Waals surface area contributed by atoms with Gasteiger partial charge in [0.2, 0.25) is 0 Å². The average molecular weight is 788 g/mol. The summed E-state index contributed by atoms with van der Waals surface area (Å²) >= 11 is 1.90. The van der Waals surface area contributed by atoms with Crippen LogP contribution in [0.1, 0.15) is 22.3 Å². The van der Waals surface area contributed by atoms with Crippen molar-refractivity contribution in [3.8, 4) is 22.3 Å². The highest BCUT2D eigenvalue weighted by Gasteiger charge is 2.48. The van der Waals surface area contributed by atoms with Crippen LogP contribution in [0.3, 0.4) is 0 Å². The van der Waals surface area contributed by atoms with E-state index in [1.807, 2.05) is 11.8 Å². The number of hydrogen-bond donors (Lipinski definition) is 0. The molecular weight excluding hydrogens is 751 g/mol. The van der Waals surface area contributed by atoms with Gasteiger partial charge in [0.15, 0.2) is 0 Å². The van der Waals surface area contributed by atoms with Crippen LogP contribution in [0.25, 0.3) is 44.2 Å². The van der Waals surface area contributed by atoms with E-state index in [0.29, 0.717) is 0 Å². The Labute approximate surface area is 350 Å². The monoisotopic (exact) mass is 787 g/mol. The second-order valence-electron chi connectivity index (χ2n) is 15.6. The van der Waals surface area contributed by atoms with E-state index in [0.717, 1.165) is 33.3 Å². The highest BCUT2D eigenvalue weighted by Crippen LogP contribution is 2.56. The number of nitrogens with zero attached hydrogens (tertiary/aromatic N) is 1. The van der Waals surface area contributed by atoms with Gasteiger partial charge in [0.05, 0.1) is 26.0 Å². The number of rotatable bonds is 5. The zero-order valence-corrected chi connectivity index (χ0v) is 34.4. The lowest BCUT2D eigenvalue weighted by atomic mass is 9.64. The van der Waals surface area contributed by atoms with E-state index < -0.39 is 14.9 Å². The number of furan rings is 1. The second-order valence-corrected chi connectivity index (χ2v) is 18.5. The maximum atomic E-state index is 6.54. The largest absolute Gasteiger partial charge is 0.456 e. The molecule has 10 aromatic rings. The molecule has 1 spiro atoms. The number of anilines is 3. The standard InChI is InChI=1S/C55H37NOSSi/c1-2-14-36(15-3-1)37-28-30-38(31-29-37)39-32-34-40(35-33-39)56(46-21-13-24-49-53(46)41-16-4-8-23-48(41)57-49)47-22-12-20-45-54(47)59-52-27-11-7-19-44(52)55(45)42-17-5-9-25-50(42)58-51-26-10-6-18-43(51)55/h1-35H,59H2. The lowest BCUT2D eigenvalue weighted by Crippen LogP contribution is -2.51. The van der Waals surface area contributed by atoms with Crippen molar-refractivity contribution in [2.45, 2.75) is 15.2 Å². The Bertz CT molecular complexity index is 3160. The molecule has 0 amide bonds. The van der Waals surface area contributed by atoms with Crippen LogP contribution in [0.15, 0.2) is 227 Å². The van der Waals surface area contributed by atoms with Crippen molar-refractivity contribution < 1.29 is 4.42 Å². The lowest BCUT2D eigenvalue weighted by molar-refractivity contribution is 0.669. The Morgan fingerprint density at radius 1 is 0.407 bits per heavy atom. The van der Waals surface area contributed by atoms with Gasteiger partial charge in [0, 0.05) is 26.6 Å². The Morgan fingerprint density at radius 2 is 0.932 bits per heavy atom. The molecule has 12 rings (SSSR count). The molecule has 0 unspecified atom stereocenters. The molecule has 0 fully saturated rings. The number of hydrogen-bond acceptors (Lipinski definition) is 3. The van der Waals surface area contributed by atoms with Crippen LogP contribution in [-0.4, -0.2) is 9.52 Å². The molecule has 0 aliphatic carbocycles. The molecule has 1 aromatic heterocycles. The van der Waals surface area contributed by atoms with Crippen molar-refractivity contribution >= 4 is 70.7 Å². The van der Waals surface area contributed by atoms with Gasteiger partial charge in [0.25, 0.3) is 0 Å². The molecule has 0 saturated heterocycles. The minimum atomic E-state index is -0.975. The Hall–Kier alpha value is -6.85. The summed E-state index contributed by atoms with van der Waals surface area (Å²) < 4.78 is 6.54. The van der Waals surface area contributed by atoms with Crippen LogP contribution in [0, 0.1) is 0 Å². The van der Waals surface area contributed by atoms with Crippen molar-refractivity contribution in [1.82, 2.24) is 0 Å². The van der Waals surface area contributed by atoms with E-state index >= 15 is 0 Å². The molecule has 0 N–H and O–H groups in total. The van der Waals surface area contributed by atoms with Crippen molar-refractivity contribution in [3.63, 3.8) is 0 Å². The molecule has 59 heavy (non-hydrogen) atoms. The van der Waals surface area contributed by atoms with Gasteiger partial charge in [-0.05, 0) is 98.2 Å². The van der Waals surface area contributed by atoms with E-state index in [4.69, 9.17) is 4.42 Å². The quantitative estimate of drug-likeness (QED) is 0.162. The lowest BCUT2D eigenvalue weighted by Gasteiger charge is -2.47. The zero-order valence-electron chi connectivity index (χ0n) is 32.2. The molecule has 9 aromatic carbocycles. The summed E-state index contributed by atoms with van der Waals surface area (Å²) in [6.45, 7) is 0. The van der Waals surface area contributed by atoms with Gasteiger partial charge >= 0.3 is 0 Å². The van der Waals surface area contributed by atoms with Gasteiger partial charge in [-0.25, -0.2) is 0 Å². The molecule has 0 saturated carbocycles. The topological polar surface area (TPSA) is 16.4 Å². The third kappa shape index (κ3) is 5.27. The van der Waals surface area contributed by atoms with Crippen LogP contribution in [0.2, 0.25) is 0 Å². The van der Waals surface area contributed by atoms with E-state index in [-0.39, 0.29) is 0 Å². The third-order valence-corrected chi connectivity index (χ3v) is 15.7. The minimum absolute atomic E-state index is 0.457. The second kappa shape index (κ2) is 13.6. The van der Waals surface area contributed by atoms with Gasteiger partial charge in [0.1, 0.15) is 11.2 Å². The van der Waals surface area contributed by atoms with Crippen LogP contribution in [0.5, 0.6) is 0 Å². The molecule has 2 aliphatic heterocycles. The first-order valence-corrected chi connectivity index (χ1v) is 22.5. The van der Waals surface area contributed by atoms with Crippen LogP contribution in [0.4, 0.5) is 17.1 Å². The number of para-hydroxylation sites is 1. The van der Waals surface area contributed by atoms with Crippen molar-refractivity contribution in [2.24, 2.45) is 0 Å². The first-order valence-electron chi connectivity index (χ1n) is 20.3. The average Bonchev–Trinajstić information content (AvgIpc) is 3.69. The van der Waals surface area contributed by atoms with Gasteiger partial charge in [-0.3, -0.25) is 0 Å². The molecule has 0 bridgehead atoms. The Kier molecular flexibility index (Phi) is 7.90. The molecule has 278 valence electrons. The molecular formula is C55H37NOSSi. The van der Waals surface area contributed by atoms with Crippen molar-refractivity contribution in [3.05, 3.63) is 235 Å². The van der Waals surface area contributed by atoms with Gasteiger partial charge in [-0.1, -0.05) is 181 Å². The number of fused-ring (bicyclic) bond motifs is 11. The summed E-state index contributed by atoms with van der Waals surface area (Å²) in [6, 6.07) is 78.2. The SMILES string of the molecule is c1ccc(-c2ccc(-c3ccc(N(c4cccc5c4[SiH2]c4ccccc4C54c5ccccc5Sc5ccccc54)c4cccc5oc6ccccc6c45)cc3)cc2)cc1. The fraction of sp³-hybridized carbons (Fsp3) is 0.0182. The van der Waals surface area contributed by atoms with Crippen LogP contribution < -0.4 is 15.3 Å². The summed E-state index contributed by atoms with van der Waals surface area (Å²) in [5, 5.41) is 5.20. The van der Waals surface area contributed by atoms with Gasteiger partial charge in [-0.2, -0.15) is 0 Å². The van der Waals surface area contributed by atoms with Crippen LogP contribution in [-0.2, 0) is 5.41 Å². The third-order valence-electron chi connectivity index (χ3n) is 12.5. The zero-order chi connectivity index (χ0) is 38.9. The normalized spacial score (nSPS) is 13.8. The molecule has 0 atom stereocenters. The van der Waals surface area contributed by atoms with E-state index in [1.165, 1.54) is 70.4 Å². The predicted octanol–water partition coefficient (Wildman–Crippen LogP) is 12.7. The van der Waals surface area contributed by atoms with Crippen LogP contribution >= 0.6 is 11.8 Å². The summed E-state index contributed by atoms with van der Waals surface area (Å²) in [4.78, 5) is 5.16. The summed E-state index contributed by atoms with van der Waals surface area (Å²) in [5.74, 6) is 0. The summed E-state index contributed by atoms with van der Waals surface area (Å²) in [5.41, 5.74) is 15.2. The fourth-order valence-corrected chi connectivity index (χ4v) is 13.3. The number of benzene rings is 9. The smallest absolute Gasteiger partial charge is 0.137 e. The van der Waals surface area contributed by atoms with E-state index in [9.17, 15) is 0 Å². The van der Waals surface area contributed by atoms with Gasteiger partial charge < -0.3 is 9.32 Å². The van der Waals surface area contributed by atoms with Gasteiger partial charge in [-0.15, -0.1) is 0 Å². The highest BCUT2D eigenvalue weighted by molar-refractivity contribution is 7.99. The molecule has 0 radical (unpaired) electrons. The van der Waals surface area contributed by atoms with Crippen molar-refractivity contribution in [2.75, 3.05) is 4.90 Å². The molecule has 4 heteroatoms. The maximum absolute atomic E-state index is 6.54. The van der Waals surface area contributed by atoms with E-state index in [2.05, 4.69) is 217 Å². The van der Waals surface area contributed by atoms with E-state index in [1.54, 1.807) is 0 Å². The summed E-state index contributed by atoms with van der Waals surface area (Å²) in [6.07, 6.45) is 0. The molecule has 2 nitrogen and oxygen atoms in total.